The molecule has 1 aliphatic rings. The Labute approximate surface area is 175 Å². The fourth-order valence-electron chi connectivity index (χ4n) is 3.42. The molecule has 6 nitrogen and oxygen atoms in total. The van der Waals surface area contributed by atoms with Crippen molar-refractivity contribution in [3.05, 3.63) is 84.2 Å². The van der Waals surface area contributed by atoms with Crippen LogP contribution < -0.4 is 15.0 Å². The van der Waals surface area contributed by atoms with Crippen LogP contribution in [0.25, 0.3) is 0 Å². The Bertz CT molecular complexity index is 1020. The van der Waals surface area contributed by atoms with E-state index in [-0.39, 0.29) is 11.8 Å². The molecule has 1 atom stereocenters. The number of amides is 2. The first-order valence-electron chi connectivity index (χ1n) is 9.91. The van der Waals surface area contributed by atoms with Crippen molar-refractivity contribution in [1.29, 1.82) is 0 Å². The molecule has 1 aromatic heterocycles. The third-order valence-electron chi connectivity index (χ3n) is 5.12. The van der Waals surface area contributed by atoms with Crippen LogP contribution in [-0.4, -0.2) is 23.3 Å². The number of hydrogen-bond acceptors (Lipinski definition) is 4. The molecule has 3 aromatic rings. The fraction of sp³-hybridized carbons (Fsp3) is 0.208. The molecule has 4 rings (SSSR count). The maximum Gasteiger partial charge on any atom is 0.239 e. The van der Waals surface area contributed by atoms with Crippen molar-refractivity contribution < 1.29 is 14.3 Å². The monoisotopic (exact) mass is 401 g/mol. The van der Waals surface area contributed by atoms with Crippen LogP contribution in [0, 0.1) is 12.8 Å². The second-order valence-electron chi connectivity index (χ2n) is 7.33. The highest BCUT2D eigenvalue weighted by atomic mass is 16.5. The maximum absolute atomic E-state index is 12.7. The number of nitrogens with zero attached hydrogens (tertiary/aromatic N) is 2. The van der Waals surface area contributed by atoms with E-state index in [1.54, 1.807) is 41.6 Å². The minimum atomic E-state index is -0.673. The van der Waals surface area contributed by atoms with Gasteiger partial charge in [-0.25, -0.2) is 0 Å². The van der Waals surface area contributed by atoms with Crippen molar-refractivity contribution >= 4 is 23.2 Å². The zero-order chi connectivity index (χ0) is 20.9. The molecule has 0 spiro atoms. The van der Waals surface area contributed by atoms with Gasteiger partial charge in [-0.1, -0.05) is 23.8 Å². The normalized spacial score (nSPS) is 15.8. The number of ether oxygens (including phenoxy) is 1. The average Bonchev–Trinajstić information content (AvgIpc) is 3.16. The molecule has 0 radical (unpaired) electrons. The number of hydrogen-bond donors (Lipinski definition) is 1. The Morgan fingerprint density at radius 1 is 1.13 bits per heavy atom. The molecular formula is C24H23N3O3. The summed E-state index contributed by atoms with van der Waals surface area (Å²) in [7, 11) is 0. The molecule has 1 unspecified atom stereocenters. The summed E-state index contributed by atoms with van der Waals surface area (Å²) in [5, 5.41) is 2.84. The first kappa shape index (κ1) is 19.6. The lowest BCUT2D eigenvalue weighted by atomic mass is 10.1. The van der Waals surface area contributed by atoms with Crippen LogP contribution in [-0.2, 0) is 16.2 Å². The summed E-state index contributed by atoms with van der Waals surface area (Å²) < 4.78 is 5.73. The van der Waals surface area contributed by atoms with Crippen LogP contribution in [0.1, 0.15) is 17.5 Å². The topological polar surface area (TPSA) is 71.5 Å². The first-order chi connectivity index (χ1) is 14.6. The summed E-state index contributed by atoms with van der Waals surface area (Å²) >= 11 is 0. The molecule has 2 heterocycles. The van der Waals surface area contributed by atoms with Crippen molar-refractivity contribution in [2.75, 3.05) is 16.8 Å². The molecule has 2 amide bonds. The number of benzene rings is 2. The first-order valence-corrected chi connectivity index (χ1v) is 9.91. The summed E-state index contributed by atoms with van der Waals surface area (Å²) in [4.78, 5) is 31.1. The zero-order valence-corrected chi connectivity index (χ0v) is 16.7. The van der Waals surface area contributed by atoms with E-state index in [2.05, 4.69) is 10.3 Å². The number of carbonyl (C=O) groups excluding carboxylic acids is 2. The minimum Gasteiger partial charge on any atom is -0.489 e. The van der Waals surface area contributed by atoms with Crippen LogP contribution >= 0.6 is 0 Å². The number of anilines is 2. The number of aromatic nitrogens is 1. The van der Waals surface area contributed by atoms with Gasteiger partial charge < -0.3 is 15.0 Å². The number of pyridine rings is 1. The number of nitrogens with one attached hydrogen (secondary N) is 1. The highest BCUT2D eigenvalue weighted by Crippen LogP contribution is 2.27. The molecule has 1 fully saturated rings. The molecule has 0 aliphatic carbocycles. The highest BCUT2D eigenvalue weighted by molar-refractivity contribution is 6.13. The van der Waals surface area contributed by atoms with Crippen molar-refractivity contribution in [2.45, 2.75) is 20.0 Å². The van der Waals surface area contributed by atoms with Gasteiger partial charge in [0, 0.05) is 35.9 Å². The van der Waals surface area contributed by atoms with Gasteiger partial charge in [0.1, 0.15) is 18.3 Å². The van der Waals surface area contributed by atoms with E-state index in [0.717, 1.165) is 16.8 Å². The van der Waals surface area contributed by atoms with Crippen LogP contribution in [0.2, 0.25) is 0 Å². The Kier molecular flexibility index (Phi) is 5.75. The summed E-state index contributed by atoms with van der Waals surface area (Å²) in [6.45, 7) is 2.97. The van der Waals surface area contributed by atoms with Crippen molar-refractivity contribution in [3.63, 3.8) is 0 Å². The highest BCUT2D eigenvalue weighted by Gasteiger charge is 2.37. The zero-order valence-electron chi connectivity index (χ0n) is 16.7. The van der Waals surface area contributed by atoms with E-state index >= 15 is 0 Å². The van der Waals surface area contributed by atoms with Gasteiger partial charge in [0.25, 0.3) is 0 Å². The van der Waals surface area contributed by atoms with E-state index in [0.29, 0.717) is 31.0 Å². The van der Waals surface area contributed by atoms with Gasteiger partial charge in [-0.15, -0.1) is 0 Å². The Morgan fingerprint density at radius 2 is 1.90 bits per heavy atom. The van der Waals surface area contributed by atoms with Crippen molar-refractivity contribution in [3.8, 4) is 5.75 Å². The maximum atomic E-state index is 12.7. The molecule has 0 bridgehead atoms. The number of carbonyl (C=O) groups is 2. The molecular weight excluding hydrogens is 378 g/mol. The van der Waals surface area contributed by atoms with Crippen LogP contribution in [0.4, 0.5) is 11.4 Å². The quantitative estimate of drug-likeness (QED) is 0.635. The summed E-state index contributed by atoms with van der Waals surface area (Å²) in [6, 6.07) is 18.7. The molecule has 152 valence electrons. The van der Waals surface area contributed by atoms with Gasteiger partial charge in [0.2, 0.25) is 11.8 Å². The second-order valence-corrected chi connectivity index (χ2v) is 7.33. The minimum absolute atomic E-state index is 0.159. The van der Waals surface area contributed by atoms with E-state index in [4.69, 9.17) is 4.74 Å². The van der Waals surface area contributed by atoms with Crippen LogP contribution in [0.5, 0.6) is 5.75 Å². The lowest BCUT2D eigenvalue weighted by Gasteiger charge is -2.17. The Hall–Kier alpha value is -3.67. The lowest BCUT2D eigenvalue weighted by molar-refractivity contribution is -0.129. The van der Waals surface area contributed by atoms with Gasteiger partial charge >= 0.3 is 0 Å². The molecule has 1 N–H and O–H groups in total. The smallest absolute Gasteiger partial charge is 0.239 e. The molecule has 1 aliphatic heterocycles. The van der Waals surface area contributed by atoms with E-state index < -0.39 is 5.92 Å². The molecule has 1 saturated heterocycles. The predicted molar refractivity (Wildman–Crippen MR) is 115 cm³/mol. The Morgan fingerprint density at radius 3 is 2.60 bits per heavy atom. The van der Waals surface area contributed by atoms with Gasteiger partial charge in [-0.2, -0.15) is 0 Å². The van der Waals surface area contributed by atoms with Gasteiger partial charge in [-0.3, -0.25) is 14.6 Å². The van der Waals surface area contributed by atoms with Gasteiger partial charge in [0.15, 0.2) is 0 Å². The third-order valence-corrected chi connectivity index (χ3v) is 5.12. The molecule has 0 saturated carbocycles. The van der Waals surface area contributed by atoms with E-state index in [1.807, 2.05) is 43.3 Å². The van der Waals surface area contributed by atoms with Crippen molar-refractivity contribution in [2.24, 2.45) is 5.92 Å². The molecule has 30 heavy (non-hydrogen) atoms. The van der Waals surface area contributed by atoms with Crippen molar-refractivity contribution in [1.82, 2.24) is 4.98 Å². The standard InChI is InChI=1S/C24H23N3O3/c1-17-4-8-20(9-5-17)27-14-12-22(24(27)29)23(28)26-19-6-10-21(11-7-19)30-16-18-3-2-13-25-15-18/h2-11,13,15,22H,12,14,16H2,1H3,(H,26,28). The third kappa shape index (κ3) is 4.49. The Balaban J connectivity index is 1.33. The van der Waals surface area contributed by atoms with E-state index in [1.165, 1.54) is 0 Å². The predicted octanol–water partition coefficient (Wildman–Crippen LogP) is 3.96. The van der Waals surface area contributed by atoms with Crippen LogP contribution in [0.3, 0.4) is 0 Å². The fourth-order valence-corrected chi connectivity index (χ4v) is 3.42. The second kappa shape index (κ2) is 8.78. The average molecular weight is 401 g/mol. The number of rotatable bonds is 6. The number of aryl methyl sites for hydroxylation is 1. The lowest BCUT2D eigenvalue weighted by Crippen LogP contribution is -2.33. The van der Waals surface area contributed by atoms with E-state index in [9.17, 15) is 9.59 Å². The largest absolute Gasteiger partial charge is 0.489 e. The van der Waals surface area contributed by atoms with Gasteiger partial charge in [0.05, 0.1) is 0 Å². The van der Waals surface area contributed by atoms with Crippen LogP contribution in [0.15, 0.2) is 73.1 Å². The van der Waals surface area contributed by atoms with Gasteiger partial charge in [-0.05, 0) is 55.8 Å². The summed E-state index contributed by atoms with van der Waals surface area (Å²) in [6.07, 6.45) is 3.98. The summed E-state index contributed by atoms with van der Waals surface area (Å²) in [5.74, 6) is -0.418. The summed E-state index contributed by atoms with van der Waals surface area (Å²) in [5.41, 5.74) is 3.58. The molecule has 6 heteroatoms. The molecule has 2 aromatic carbocycles. The SMILES string of the molecule is Cc1ccc(N2CCC(C(=O)Nc3ccc(OCc4cccnc4)cc3)C2=O)cc1.